The van der Waals surface area contributed by atoms with E-state index < -0.39 is 0 Å². The third kappa shape index (κ3) is 3.63. The van der Waals surface area contributed by atoms with E-state index in [4.69, 9.17) is 0 Å². The molecule has 3 aromatic heterocycles. The van der Waals surface area contributed by atoms with Gasteiger partial charge in [-0.3, -0.25) is 0 Å². The van der Waals surface area contributed by atoms with E-state index in [1.807, 2.05) is 0 Å². The summed E-state index contributed by atoms with van der Waals surface area (Å²) in [6.07, 6.45) is 0. The van der Waals surface area contributed by atoms with E-state index in [0.29, 0.717) is 0 Å². The molecule has 210 valence electrons. The Balaban J connectivity index is 1.28. The Bertz CT molecular complexity index is 2710. The van der Waals surface area contributed by atoms with E-state index in [1.54, 1.807) is 0 Å². The third-order valence-electron chi connectivity index (χ3n) is 9.32. The molecule has 0 aliphatic rings. The molecule has 2 nitrogen and oxygen atoms in total. The molecule has 0 N–H and O–H groups in total. The second-order valence-corrected chi connectivity index (χ2v) is 14.0. The molecule has 7 aromatic carbocycles. The van der Waals surface area contributed by atoms with Crippen molar-refractivity contribution in [1.82, 2.24) is 9.13 Å². The number of para-hydroxylation sites is 3. The first-order valence-electron chi connectivity index (χ1n) is 15.4. The van der Waals surface area contributed by atoms with E-state index in [0.717, 1.165) is 0 Å². The first-order valence-corrected chi connectivity index (χ1v) is 17.1. The van der Waals surface area contributed by atoms with Crippen molar-refractivity contribution < 1.29 is 0 Å². The van der Waals surface area contributed by atoms with Gasteiger partial charge in [0, 0.05) is 0 Å². The van der Waals surface area contributed by atoms with Crippen LogP contribution in [0.3, 0.4) is 0 Å². The molecule has 0 aliphatic carbocycles. The van der Waals surface area contributed by atoms with Crippen LogP contribution in [-0.4, -0.2) is 23.6 Å². The molecule has 0 aliphatic heterocycles. The van der Waals surface area contributed by atoms with Crippen LogP contribution in [0.25, 0.3) is 85.4 Å². The summed E-state index contributed by atoms with van der Waals surface area (Å²) < 4.78 is 7.84. The maximum absolute atomic E-state index is 2.51. The molecule has 10 aromatic rings. The summed E-state index contributed by atoms with van der Waals surface area (Å²) in [6, 6.07) is 58.1. The molecule has 10 rings (SSSR count). The summed E-state index contributed by atoms with van der Waals surface area (Å²) >= 11 is 0.248. The van der Waals surface area contributed by atoms with Crippen molar-refractivity contribution in [2.24, 2.45) is 0 Å². The van der Waals surface area contributed by atoms with Gasteiger partial charge in [0.05, 0.1) is 0 Å². The predicted molar refractivity (Wildman–Crippen MR) is 193 cm³/mol. The molecule has 0 spiro atoms. The van der Waals surface area contributed by atoms with Gasteiger partial charge < -0.3 is 0 Å². The van der Waals surface area contributed by atoms with Gasteiger partial charge in [0.1, 0.15) is 0 Å². The van der Waals surface area contributed by atoms with E-state index in [9.17, 15) is 0 Å². The molecule has 3 heterocycles. The number of nitrogens with zero attached hydrogens (tertiary/aromatic N) is 2. The molecule has 0 atom stereocenters. The SMILES string of the molecule is c1ccc(-c2ccc3c(c2)[se]c2cccc(-n4c5ccccc5c5ccc(-n6c7ccccc7c7ccccc76)cc54)c23)cc1. The second-order valence-electron chi connectivity index (χ2n) is 11.8. The number of benzene rings is 7. The zero-order valence-electron chi connectivity index (χ0n) is 24.3. The summed E-state index contributed by atoms with van der Waals surface area (Å²) in [5.74, 6) is 0. The van der Waals surface area contributed by atoms with Gasteiger partial charge in [0.25, 0.3) is 0 Å². The summed E-state index contributed by atoms with van der Waals surface area (Å²) in [7, 11) is 0. The van der Waals surface area contributed by atoms with Gasteiger partial charge in [-0.25, -0.2) is 0 Å². The van der Waals surface area contributed by atoms with Gasteiger partial charge in [-0.1, -0.05) is 0 Å². The minimum absolute atomic E-state index is 0.248. The predicted octanol–water partition coefficient (Wildman–Crippen LogP) is 10.9. The average molecular weight is 638 g/mol. The number of hydrogen-bond acceptors (Lipinski definition) is 0. The van der Waals surface area contributed by atoms with Crippen LogP contribution in [-0.2, 0) is 0 Å². The van der Waals surface area contributed by atoms with Crippen molar-refractivity contribution in [3.8, 4) is 22.5 Å². The average Bonchev–Trinajstić information content (AvgIpc) is 3.75. The molecular weight excluding hydrogens is 611 g/mol. The van der Waals surface area contributed by atoms with Crippen molar-refractivity contribution in [3.63, 3.8) is 0 Å². The molecule has 3 heteroatoms. The fourth-order valence-electron chi connectivity index (χ4n) is 7.36. The second kappa shape index (κ2) is 9.58. The number of fused-ring (bicyclic) bond motifs is 9. The van der Waals surface area contributed by atoms with Crippen LogP contribution in [0.1, 0.15) is 0 Å². The van der Waals surface area contributed by atoms with Gasteiger partial charge >= 0.3 is 267 Å². The van der Waals surface area contributed by atoms with Crippen molar-refractivity contribution in [2.75, 3.05) is 0 Å². The van der Waals surface area contributed by atoms with Crippen LogP contribution in [0, 0.1) is 0 Å². The molecule has 0 bridgehead atoms. The molecule has 0 fully saturated rings. The van der Waals surface area contributed by atoms with Crippen LogP contribution in [0.5, 0.6) is 0 Å². The summed E-state index contributed by atoms with van der Waals surface area (Å²) in [5.41, 5.74) is 9.91. The van der Waals surface area contributed by atoms with Crippen LogP contribution in [0.4, 0.5) is 0 Å². The topological polar surface area (TPSA) is 9.86 Å². The van der Waals surface area contributed by atoms with Crippen molar-refractivity contribution in [3.05, 3.63) is 158 Å². The molecular formula is C42H26N2Se. The zero-order chi connectivity index (χ0) is 29.5. The van der Waals surface area contributed by atoms with Gasteiger partial charge in [-0.15, -0.1) is 0 Å². The normalized spacial score (nSPS) is 12.0. The molecule has 0 unspecified atom stereocenters. The Morgan fingerprint density at radius 3 is 1.67 bits per heavy atom. The number of aromatic nitrogens is 2. The van der Waals surface area contributed by atoms with Gasteiger partial charge in [-0.2, -0.15) is 0 Å². The van der Waals surface area contributed by atoms with Gasteiger partial charge in [-0.05, 0) is 0 Å². The third-order valence-corrected chi connectivity index (χ3v) is 11.7. The van der Waals surface area contributed by atoms with Crippen molar-refractivity contribution in [1.29, 1.82) is 0 Å². The van der Waals surface area contributed by atoms with Crippen LogP contribution < -0.4 is 0 Å². The van der Waals surface area contributed by atoms with Crippen LogP contribution in [0.2, 0.25) is 0 Å². The molecule has 0 saturated carbocycles. The minimum atomic E-state index is 0.248. The molecule has 0 amide bonds. The van der Waals surface area contributed by atoms with Gasteiger partial charge in [0.15, 0.2) is 0 Å². The van der Waals surface area contributed by atoms with E-state index in [-0.39, 0.29) is 14.5 Å². The zero-order valence-corrected chi connectivity index (χ0v) is 26.0. The Morgan fingerprint density at radius 2 is 0.956 bits per heavy atom. The number of rotatable bonds is 3. The van der Waals surface area contributed by atoms with Gasteiger partial charge in [0.2, 0.25) is 0 Å². The summed E-state index contributed by atoms with van der Waals surface area (Å²) in [5, 5.41) is 7.85. The first kappa shape index (κ1) is 25.0. The Kier molecular flexibility index (Phi) is 5.33. The van der Waals surface area contributed by atoms with E-state index in [1.165, 1.54) is 85.4 Å². The van der Waals surface area contributed by atoms with Crippen molar-refractivity contribution in [2.45, 2.75) is 0 Å². The van der Waals surface area contributed by atoms with E-state index >= 15 is 0 Å². The monoisotopic (exact) mass is 638 g/mol. The van der Waals surface area contributed by atoms with Crippen LogP contribution >= 0.6 is 0 Å². The Morgan fingerprint density at radius 1 is 0.356 bits per heavy atom. The summed E-state index contributed by atoms with van der Waals surface area (Å²) in [4.78, 5) is 0. The standard InChI is InChI=1S/C42H26N2Se/c1-2-11-27(12-3-1)28-21-23-34-41(25-28)45-40-20-10-19-38(42(34)40)44-37-18-9-6-15-32(37)33-24-22-29(26-39(33)44)43-35-16-7-4-13-30(35)31-14-5-8-17-36(31)43/h1-26H. The fourth-order valence-corrected chi connectivity index (χ4v) is 9.81. The molecule has 0 saturated heterocycles. The van der Waals surface area contributed by atoms with E-state index in [2.05, 4.69) is 167 Å². The maximum atomic E-state index is 2.51. The van der Waals surface area contributed by atoms with Crippen LogP contribution in [0.15, 0.2) is 158 Å². The Hall–Kier alpha value is -5.34. The Labute approximate surface area is 265 Å². The number of hydrogen-bond donors (Lipinski definition) is 0. The fraction of sp³-hybridized carbons (Fsp3) is 0. The first-order chi connectivity index (χ1) is 22.3. The quantitative estimate of drug-likeness (QED) is 0.171. The summed E-state index contributed by atoms with van der Waals surface area (Å²) in [6.45, 7) is 0. The molecule has 45 heavy (non-hydrogen) atoms. The van der Waals surface area contributed by atoms with Crippen molar-refractivity contribution >= 4 is 77.4 Å². The molecule has 0 radical (unpaired) electrons.